The van der Waals surface area contributed by atoms with Crippen LogP contribution >= 0.6 is 0 Å². The highest BCUT2D eigenvalue weighted by Crippen LogP contribution is 2.17. The van der Waals surface area contributed by atoms with Gasteiger partial charge in [0.2, 0.25) is 10.0 Å². The van der Waals surface area contributed by atoms with Gasteiger partial charge in [0.25, 0.3) is 0 Å². The molecule has 106 valence electrons. The van der Waals surface area contributed by atoms with Crippen LogP contribution in [-0.2, 0) is 16.4 Å². The van der Waals surface area contributed by atoms with Crippen LogP contribution in [0.15, 0.2) is 30.3 Å². The van der Waals surface area contributed by atoms with Crippen molar-refractivity contribution in [1.29, 1.82) is 0 Å². The molecule has 0 N–H and O–H groups in total. The normalized spacial score (nSPS) is 22.5. The first kappa shape index (κ1) is 14.5. The van der Waals surface area contributed by atoms with E-state index in [2.05, 4.69) is 24.0 Å². The summed E-state index contributed by atoms with van der Waals surface area (Å²) in [7, 11) is -3.12. The SMILES string of the molecule is CCN1CCN(S(C)(=O)=O)C(Cc2ccccc2)C1. The van der Waals surface area contributed by atoms with Gasteiger partial charge in [-0.15, -0.1) is 0 Å². The molecule has 0 spiro atoms. The van der Waals surface area contributed by atoms with Gasteiger partial charge < -0.3 is 4.90 Å². The minimum absolute atomic E-state index is 0.0473. The van der Waals surface area contributed by atoms with Gasteiger partial charge in [-0.25, -0.2) is 8.42 Å². The van der Waals surface area contributed by atoms with Crippen LogP contribution in [0.25, 0.3) is 0 Å². The molecule has 0 saturated carbocycles. The van der Waals surface area contributed by atoms with Crippen LogP contribution in [0, 0.1) is 0 Å². The van der Waals surface area contributed by atoms with E-state index in [0.717, 1.165) is 26.1 Å². The van der Waals surface area contributed by atoms with Crippen molar-refractivity contribution in [2.45, 2.75) is 19.4 Å². The van der Waals surface area contributed by atoms with Crippen molar-refractivity contribution in [3.8, 4) is 0 Å². The molecule has 1 aliphatic rings. The molecule has 4 nitrogen and oxygen atoms in total. The Morgan fingerprint density at radius 3 is 2.47 bits per heavy atom. The van der Waals surface area contributed by atoms with Crippen molar-refractivity contribution >= 4 is 10.0 Å². The Bertz CT molecular complexity index is 501. The van der Waals surface area contributed by atoms with Crippen LogP contribution in [0.5, 0.6) is 0 Å². The fraction of sp³-hybridized carbons (Fsp3) is 0.571. The summed E-state index contributed by atoms with van der Waals surface area (Å²) in [5.41, 5.74) is 1.19. The maximum atomic E-state index is 11.9. The third-order valence-electron chi connectivity index (χ3n) is 3.70. The van der Waals surface area contributed by atoms with E-state index in [1.807, 2.05) is 18.2 Å². The summed E-state index contributed by atoms with van der Waals surface area (Å²) < 4.78 is 25.4. The van der Waals surface area contributed by atoms with Crippen LogP contribution < -0.4 is 0 Å². The fourth-order valence-electron chi connectivity index (χ4n) is 2.68. The minimum atomic E-state index is -3.12. The molecule has 0 radical (unpaired) electrons. The first-order chi connectivity index (χ1) is 9.00. The lowest BCUT2D eigenvalue weighted by Gasteiger charge is -2.39. The molecule has 1 fully saturated rings. The third-order valence-corrected chi connectivity index (χ3v) is 5.03. The van der Waals surface area contributed by atoms with Crippen molar-refractivity contribution < 1.29 is 8.42 Å². The molecule has 0 bridgehead atoms. The van der Waals surface area contributed by atoms with Crippen molar-refractivity contribution in [2.75, 3.05) is 32.4 Å². The standard InChI is InChI=1S/C14H22N2O2S/c1-3-15-9-10-16(19(2,17)18)14(12-15)11-13-7-5-4-6-8-13/h4-8,14H,3,9-12H2,1-2H3. The van der Waals surface area contributed by atoms with Gasteiger partial charge >= 0.3 is 0 Å². The zero-order valence-electron chi connectivity index (χ0n) is 11.6. The maximum Gasteiger partial charge on any atom is 0.211 e. The van der Waals surface area contributed by atoms with Crippen molar-refractivity contribution in [1.82, 2.24) is 9.21 Å². The summed E-state index contributed by atoms with van der Waals surface area (Å²) in [6.45, 7) is 5.34. The Kier molecular flexibility index (Phi) is 4.60. The summed E-state index contributed by atoms with van der Waals surface area (Å²) >= 11 is 0. The fourth-order valence-corrected chi connectivity index (χ4v) is 3.78. The highest BCUT2D eigenvalue weighted by molar-refractivity contribution is 7.88. The van der Waals surface area contributed by atoms with Gasteiger partial charge in [-0.3, -0.25) is 0 Å². The Hall–Kier alpha value is -0.910. The lowest BCUT2D eigenvalue weighted by Crippen LogP contribution is -2.55. The van der Waals surface area contributed by atoms with Gasteiger partial charge in [0.1, 0.15) is 0 Å². The second-order valence-electron chi connectivity index (χ2n) is 5.11. The summed E-state index contributed by atoms with van der Waals surface area (Å²) in [6, 6.07) is 10.2. The van der Waals surface area contributed by atoms with Gasteiger partial charge in [-0.05, 0) is 18.5 Å². The van der Waals surface area contributed by atoms with E-state index in [1.165, 1.54) is 11.8 Å². The Labute approximate surface area is 116 Å². The van der Waals surface area contributed by atoms with E-state index in [-0.39, 0.29) is 6.04 Å². The number of nitrogens with zero attached hydrogens (tertiary/aromatic N) is 2. The van der Waals surface area contributed by atoms with Gasteiger partial charge in [0.05, 0.1) is 6.26 Å². The molecule has 0 aromatic heterocycles. The summed E-state index contributed by atoms with van der Waals surface area (Å²) in [4.78, 5) is 2.31. The number of piperazine rings is 1. The van der Waals surface area contributed by atoms with E-state index in [0.29, 0.717) is 6.54 Å². The lowest BCUT2D eigenvalue weighted by atomic mass is 10.0. The van der Waals surface area contributed by atoms with Crippen molar-refractivity contribution in [3.05, 3.63) is 35.9 Å². The monoisotopic (exact) mass is 282 g/mol. The molecule has 5 heteroatoms. The minimum Gasteiger partial charge on any atom is -0.301 e. The molecule has 19 heavy (non-hydrogen) atoms. The number of likely N-dealkylation sites (N-methyl/N-ethyl adjacent to an activating group) is 1. The third kappa shape index (κ3) is 3.78. The Balaban J connectivity index is 2.16. The molecule has 1 unspecified atom stereocenters. The van der Waals surface area contributed by atoms with E-state index >= 15 is 0 Å². The average Bonchev–Trinajstić information content (AvgIpc) is 2.38. The van der Waals surface area contributed by atoms with Crippen LogP contribution in [0.3, 0.4) is 0 Å². The van der Waals surface area contributed by atoms with Crippen LogP contribution in [-0.4, -0.2) is 56.1 Å². The molecule has 1 aromatic carbocycles. The number of hydrogen-bond donors (Lipinski definition) is 0. The first-order valence-corrected chi connectivity index (χ1v) is 8.58. The van der Waals surface area contributed by atoms with E-state index in [4.69, 9.17) is 0 Å². The molecule has 2 rings (SSSR count). The average molecular weight is 282 g/mol. The van der Waals surface area contributed by atoms with Gasteiger partial charge in [-0.1, -0.05) is 37.3 Å². The lowest BCUT2D eigenvalue weighted by molar-refractivity contribution is 0.141. The summed E-state index contributed by atoms with van der Waals surface area (Å²) in [5.74, 6) is 0. The number of sulfonamides is 1. The molecule has 1 heterocycles. The van der Waals surface area contributed by atoms with Crippen molar-refractivity contribution in [2.24, 2.45) is 0 Å². The largest absolute Gasteiger partial charge is 0.301 e. The van der Waals surface area contributed by atoms with E-state index < -0.39 is 10.0 Å². The first-order valence-electron chi connectivity index (χ1n) is 6.74. The Morgan fingerprint density at radius 2 is 1.89 bits per heavy atom. The number of rotatable bonds is 4. The zero-order chi connectivity index (χ0) is 13.9. The van der Waals surface area contributed by atoms with Crippen LogP contribution in [0.4, 0.5) is 0 Å². The summed E-state index contributed by atoms with van der Waals surface area (Å²) in [6.07, 6.45) is 2.09. The van der Waals surface area contributed by atoms with Gasteiger partial charge in [-0.2, -0.15) is 4.31 Å². The molecule has 1 aromatic rings. The number of benzene rings is 1. The van der Waals surface area contributed by atoms with Crippen molar-refractivity contribution in [3.63, 3.8) is 0 Å². The van der Waals surface area contributed by atoms with Gasteiger partial charge in [0, 0.05) is 25.7 Å². The second-order valence-corrected chi connectivity index (χ2v) is 7.05. The predicted molar refractivity (Wildman–Crippen MR) is 77.6 cm³/mol. The predicted octanol–water partition coefficient (Wildman–Crippen LogP) is 1.19. The molecule has 1 aliphatic heterocycles. The molecule has 1 atom stereocenters. The Morgan fingerprint density at radius 1 is 1.21 bits per heavy atom. The quantitative estimate of drug-likeness (QED) is 0.833. The number of hydrogen-bond acceptors (Lipinski definition) is 3. The zero-order valence-corrected chi connectivity index (χ0v) is 12.4. The smallest absolute Gasteiger partial charge is 0.211 e. The molecule has 0 amide bonds. The van der Waals surface area contributed by atoms with Crippen LogP contribution in [0.1, 0.15) is 12.5 Å². The second kappa shape index (κ2) is 6.03. The summed E-state index contributed by atoms with van der Waals surface area (Å²) in [5, 5.41) is 0. The van der Waals surface area contributed by atoms with E-state index in [1.54, 1.807) is 4.31 Å². The molecule has 0 aliphatic carbocycles. The highest BCUT2D eigenvalue weighted by Gasteiger charge is 2.32. The topological polar surface area (TPSA) is 40.6 Å². The van der Waals surface area contributed by atoms with Gasteiger partial charge in [0.15, 0.2) is 0 Å². The molecular formula is C14H22N2O2S. The van der Waals surface area contributed by atoms with Crippen LogP contribution in [0.2, 0.25) is 0 Å². The molecular weight excluding hydrogens is 260 g/mol. The maximum absolute atomic E-state index is 11.9. The van der Waals surface area contributed by atoms with E-state index in [9.17, 15) is 8.42 Å². The molecule has 1 saturated heterocycles. The highest BCUT2D eigenvalue weighted by atomic mass is 32.2.